The topological polar surface area (TPSA) is 69.0 Å². The zero-order valence-electron chi connectivity index (χ0n) is 18.0. The van der Waals surface area contributed by atoms with Gasteiger partial charge in [-0.3, -0.25) is 9.36 Å². The van der Waals surface area contributed by atoms with Gasteiger partial charge in [-0.15, -0.1) is 10.2 Å². The quantitative estimate of drug-likeness (QED) is 0.638. The predicted molar refractivity (Wildman–Crippen MR) is 120 cm³/mol. The molecule has 1 aromatic carbocycles. The molecule has 7 heteroatoms. The van der Waals surface area contributed by atoms with E-state index in [9.17, 15) is 4.79 Å². The van der Waals surface area contributed by atoms with Crippen molar-refractivity contribution in [1.82, 2.24) is 20.1 Å². The molecular weight excluding hydrogens is 396 g/mol. The smallest absolute Gasteiger partial charge is 0.230 e. The number of carbonyl (C=O) groups is 1. The van der Waals surface area contributed by atoms with Gasteiger partial charge in [-0.05, 0) is 55.9 Å². The third-order valence-electron chi connectivity index (χ3n) is 6.46. The summed E-state index contributed by atoms with van der Waals surface area (Å²) in [7, 11) is 1.67. The largest absolute Gasteiger partial charge is 0.497 e. The molecule has 2 saturated carbocycles. The van der Waals surface area contributed by atoms with Gasteiger partial charge in [0, 0.05) is 17.6 Å². The first-order valence-electron chi connectivity index (χ1n) is 11.2. The molecule has 2 fully saturated rings. The molecule has 2 atom stereocenters. The Morgan fingerprint density at radius 3 is 2.50 bits per heavy atom. The standard InChI is InChI=1S/C23H32N4O2S/c1-16-7-3-6-10-20(16)27-22(17-11-13-19(29-2)14-12-17)25-26-23(27)30-15-21(28)24-18-8-4-5-9-18/h11-14,16,18,20H,3-10,15H2,1-2H3,(H,24,28)/t16-,20-/m1/s1. The van der Waals surface area contributed by atoms with Crippen LogP contribution < -0.4 is 10.1 Å². The summed E-state index contributed by atoms with van der Waals surface area (Å²) in [6.45, 7) is 2.32. The molecule has 30 heavy (non-hydrogen) atoms. The van der Waals surface area contributed by atoms with Gasteiger partial charge in [-0.25, -0.2) is 0 Å². The van der Waals surface area contributed by atoms with E-state index in [-0.39, 0.29) is 5.91 Å². The lowest BCUT2D eigenvalue weighted by Crippen LogP contribution is -2.34. The van der Waals surface area contributed by atoms with Crippen LogP contribution in [-0.4, -0.2) is 39.6 Å². The number of hydrogen-bond donors (Lipinski definition) is 1. The van der Waals surface area contributed by atoms with E-state index in [1.54, 1.807) is 7.11 Å². The summed E-state index contributed by atoms with van der Waals surface area (Å²) in [5.41, 5.74) is 1.03. The Bertz CT molecular complexity index is 845. The van der Waals surface area contributed by atoms with Crippen LogP contribution in [0.25, 0.3) is 11.4 Å². The first-order valence-corrected chi connectivity index (χ1v) is 12.2. The van der Waals surface area contributed by atoms with Gasteiger partial charge in [0.25, 0.3) is 0 Å². The lowest BCUT2D eigenvalue weighted by Gasteiger charge is -2.31. The van der Waals surface area contributed by atoms with Crippen LogP contribution in [0.2, 0.25) is 0 Å². The van der Waals surface area contributed by atoms with Crippen molar-refractivity contribution in [3.63, 3.8) is 0 Å². The third-order valence-corrected chi connectivity index (χ3v) is 7.41. The summed E-state index contributed by atoms with van der Waals surface area (Å²) in [5, 5.41) is 13.1. The maximum Gasteiger partial charge on any atom is 0.230 e. The fourth-order valence-corrected chi connectivity index (χ4v) is 5.56. The van der Waals surface area contributed by atoms with E-state index in [4.69, 9.17) is 4.74 Å². The summed E-state index contributed by atoms with van der Waals surface area (Å²) >= 11 is 1.51. The van der Waals surface area contributed by atoms with Crippen molar-refractivity contribution in [2.75, 3.05) is 12.9 Å². The first kappa shape index (κ1) is 21.2. The van der Waals surface area contributed by atoms with E-state index in [0.717, 1.165) is 41.6 Å². The molecule has 1 aromatic heterocycles. The minimum absolute atomic E-state index is 0.101. The molecule has 0 radical (unpaired) electrons. The zero-order valence-corrected chi connectivity index (χ0v) is 18.8. The van der Waals surface area contributed by atoms with E-state index in [0.29, 0.717) is 23.8 Å². The Hall–Kier alpha value is -2.02. The van der Waals surface area contributed by atoms with Crippen molar-refractivity contribution >= 4 is 17.7 Å². The lowest BCUT2D eigenvalue weighted by atomic mass is 9.85. The van der Waals surface area contributed by atoms with Crippen molar-refractivity contribution in [2.24, 2.45) is 5.92 Å². The fourth-order valence-electron chi connectivity index (χ4n) is 4.76. The van der Waals surface area contributed by atoms with Crippen molar-refractivity contribution < 1.29 is 9.53 Å². The highest BCUT2D eigenvalue weighted by atomic mass is 32.2. The molecule has 2 aromatic rings. The normalized spacial score (nSPS) is 22.2. The van der Waals surface area contributed by atoms with Gasteiger partial charge in [-0.1, -0.05) is 44.4 Å². The molecule has 6 nitrogen and oxygen atoms in total. The lowest BCUT2D eigenvalue weighted by molar-refractivity contribution is -0.119. The number of thioether (sulfide) groups is 1. The molecule has 1 heterocycles. The number of nitrogens with zero attached hydrogens (tertiary/aromatic N) is 3. The Morgan fingerprint density at radius 2 is 1.80 bits per heavy atom. The van der Waals surface area contributed by atoms with Gasteiger partial charge in [0.05, 0.1) is 12.9 Å². The van der Waals surface area contributed by atoms with Crippen molar-refractivity contribution in [1.29, 1.82) is 0 Å². The maximum atomic E-state index is 12.5. The molecule has 4 rings (SSSR count). The van der Waals surface area contributed by atoms with Crippen LogP contribution in [0, 0.1) is 5.92 Å². The maximum absolute atomic E-state index is 12.5. The van der Waals surface area contributed by atoms with Gasteiger partial charge in [0.2, 0.25) is 5.91 Å². The molecule has 0 unspecified atom stereocenters. The number of ether oxygens (including phenoxy) is 1. The molecule has 1 amide bonds. The Kier molecular flexibility index (Phi) is 6.97. The summed E-state index contributed by atoms with van der Waals surface area (Å²) in [6.07, 6.45) is 9.50. The molecule has 2 aliphatic rings. The second-order valence-corrected chi connectivity index (χ2v) is 9.51. The Balaban J connectivity index is 1.56. The van der Waals surface area contributed by atoms with Crippen LogP contribution in [0.4, 0.5) is 0 Å². The predicted octanol–water partition coefficient (Wildman–Crippen LogP) is 4.86. The van der Waals surface area contributed by atoms with Crippen LogP contribution in [0.3, 0.4) is 0 Å². The van der Waals surface area contributed by atoms with E-state index >= 15 is 0 Å². The molecule has 0 bridgehead atoms. The molecule has 0 spiro atoms. The number of carbonyl (C=O) groups excluding carboxylic acids is 1. The fraction of sp³-hybridized carbons (Fsp3) is 0.609. The zero-order chi connectivity index (χ0) is 20.9. The number of amides is 1. The van der Waals surface area contributed by atoms with Gasteiger partial charge < -0.3 is 10.1 Å². The second-order valence-electron chi connectivity index (χ2n) is 8.57. The minimum atomic E-state index is 0.101. The van der Waals surface area contributed by atoms with E-state index in [1.807, 2.05) is 24.3 Å². The second kappa shape index (κ2) is 9.86. The number of hydrogen-bond acceptors (Lipinski definition) is 5. The van der Waals surface area contributed by atoms with E-state index in [2.05, 4.69) is 27.0 Å². The molecule has 162 valence electrons. The van der Waals surface area contributed by atoms with E-state index < -0.39 is 0 Å². The van der Waals surface area contributed by atoms with Crippen LogP contribution in [-0.2, 0) is 4.79 Å². The average molecular weight is 429 g/mol. The third kappa shape index (κ3) is 4.82. The summed E-state index contributed by atoms with van der Waals surface area (Å²) in [5.74, 6) is 2.77. The highest BCUT2D eigenvalue weighted by molar-refractivity contribution is 7.99. The first-order chi connectivity index (χ1) is 14.7. The number of nitrogens with one attached hydrogen (secondary N) is 1. The molecular formula is C23H32N4O2S. The van der Waals surface area contributed by atoms with Crippen molar-refractivity contribution in [3.05, 3.63) is 24.3 Å². The van der Waals surface area contributed by atoms with Crippen molar-refractivity contribution in [3.8, 4) is 17.1 Å². The highest BCUT2D eigenvalue weighted by Crippen LogP contribution is 2.39. The van der Waals surface area contributed by atoms with Crippen LogP contribution >= 0.6 is 11.8 Å². The highest BCUT2D eigenvalue weighted by Gasteiger charge is 2.29. The van der Waals surface area contributed by atoms with Crippen LogP contribution in [0.5, 0.6) is 5.75 Å². The summed E-state index contributed by atoms with van der Waals surface area (Å²) in [4.78, 5) is 12.5. The van der Waals surface area contributed by atoms with Gasteiger partial charge in [-0.2, -0.15) is 0 Å². The number of benzene rings is 1. The number of methoxy groups -OCH3 is 1. The average Bonchev–Trinajstić information content (AvgIpc) is 3.42. The SMILES string of the molecule is COc1ccc(-c2nnc(SCC(=O)NC3CCCC3)n2[C@@H]2CCCC[C@H]2C)cc1. The van der Waals surface area contributed by atoms with Crippen LogP contribution in [0.15, 0.2) is 29.4 Å². The van der Waals surface area contributed by atoms with Crippen molar-refractivity contribution in [2.45, 2.75) is 75.5 Å². The molecule has 2 aliphatic carbocycles. The number of aromatic nitrogens is 3. The Morgan fingerprint density at radius 1 is 1.10 bits per heavy atom. The van der Waals surface area contributed by atoms with Gasteiger partial charge in [0.15, 0.2) is 11.0 Å². The molecule has 0 saturated heterocycles. The van der Waals surface area contributed by atoms with E-state index in [1.165, 1.54) is 43.9 Å². The molecule has 1 N–H and O–H groups in total. The van der Waals surface area contributed by atoms with Gasteiger partial charge in [0.1, 0.15) is 5.75 Å². The van der Waals surface area contributed by atoms with Crippen LogP contribution in [0.1, 0.15) is 64.3 Å². The summed E-state index contributed by atoms with van der Waals surface area (Å²) in [6, 6.07) is 8.71. The minimum Gasteiger partial charge on any atom is -0.497 e. The summed E-state index contributed by atoms with van der Waals surface area (Å²) < 4.78 is 7.59. The Labute approximate surface area is 183 Å². The monoisotopic (exact) mass is 428 g/mol. The number of rotatable bonds is 7. The molecule has 0 aliphatic heterocycles. The van der Waals surface area contributed by atoms with Gasteiger partial charge >= 0.3 is 0 Å².